The third-order valence-corrected chi connectivity index (χ3v) is 6.48. The molecule has 0 saturated heterocycles. The number of anilines is 1. The van der Waals surface area contributed by atoms with Gasteiger partial charge in [0.15, 0.2) is 10.8 Å². The third kappa shape index (κ3) is 3.25. The van der Waals surface area contributed by atoms with Gasteiger partial charge in [-0.15, -0.1) is 0 Å². The molecule has 0 bridgehead atoms. The molecule has 1 aliphatic carbocycles. The Bertz CT molecular complexity index is 1130. The van der Waals surface area contributed by atoms with Gasteiger partial charge in [-0.2, -0.15) is 0 Å². The molecule has 7 heteroatoms. The van der Waals surface area contributed by atoms with Crippen molar-refractivity contribution < 1.29 is 5.11 Å². The molecule has 1 aromatic carbocycles. The first-order valence-corrected chi connectivity index (χ1v) is 10.6. The smallest absolute Gasteiger partial charge is 0.184 e. The number of hydrogen-bond acceptors (Lipinski definition) is 6. The Labute approximate surface area is 167 Å². The minimum Gasteiger partial charge on any atom is -0.391 e. The molecular formula is C21H23N5OS. The molecule has 1 aliphatic rings. The van der Waals surface area contributed by atoms with E-state index in [4.69, 9.17) is 4.98 Å². The summed E-state index contributed by atoms with van der Waals surface area (Å²) < 4.78 is 3.30. The van der Waals surface area contributed by atoms with Gasteiger partial charge >= 0.3 is 0 Å². The second-order valence-electron chi connectivity index (χ2n) is 7.52. The van der Waals surface area contributed by atoms with Crippen molar-refractivity contribution in [1.82, 2.24) is 19.5 Å². The number of thiazole rings is 1. The van der Waals surface area contributed by atoms with Crippen molar-refractivity contribution in [3.8, 4) is 0 Å². The number of aliphatic hydroxyl groups excluding tert-OH is 1. The molecule has 144 valence electrons. The van der Waals surface area contributed by atoms with Crippen molar-refractivity contribution in [1.29, 1.82) is 0 Å². The van der Waals surface area contributed by atoms with E-state index in [2.05, 4.69) is 38.1 Å². The first kappa shape index (κ1) is 17.6. The lowest BCUT2D eigenvalue weighted by molar-refractivity contribution is 0.116. The van der Waals surface area contributed by atoms with Crippen LogP contribution in [0.5, 0.6) is 0 Å². The summed E-state index contributed by atoms with van der Waals surface area (Å²) in [5, 5.41) is 14.5. The molecule has 0 spiro atoms. The highest BCUT2D eigenvalue weighted by molar-refractivity contribution is 7.22. The van der Waals surface area contributed by atoms with Crippen LogP contribution in [0.15, 0.2) is 36.5 Å². The van der Waals surface area contributed by atoms with Gasteiger partial charge in [-0.25, -0.2) is 15.0 Å². The van der Waals surface area contributed by atoms with Crippen molar-refractivity contribution in [2.75, 3.05) is 5.32 Å². The molecule has 3 aromatic heterocycles. The predicted molar refractivity (Wildman–Crippen MR) is 113 cm³/mol. The molecule has 1 saturated carbocycles. The van der Waals surface area contributed by atoms with Crippen molar-refractivity contribution in [2.24, 2.45) is 0 Å². The van der Waals surface area contributed by atoms with Gasteiger partial charge < -0.3 is 15.0 Å². The highest BCUT2D eigenvalue weighted by Crippen LogP contribution is 2.30. The van der Waals surface area contributed by atoms with E-state index in [1.807, 2.05) is 25.3 Å². The molecular weight excluding hydrogens is 370 g/mol. The predicted octanol–water partition coefficient (Wildman–Crippen LogP) is 4.11. The molecule has 1 fully saturated rings. The molecule has 0 aliphatic heterocycles. The fourth-order valence-corrected chi connectivity index (χ4v) is 5.00. The average Bonchev–Trinajstić information content (AvgIpc) is 3.24. The molecule has 2 atom stereocenters. The van der Waals surface area contributed by atoms with Gasteiger partial charge in [-0.1, -0.05) is 30.2 Å². The van der Waals surface area contributed by atoms with Crippen LogP contribution in [0.3, 0.4) is 0 Å². The number of aromatic nitrogens is 4. The fraction of sp³-hybridized carbons (Fsp3) is 0.381. The molecule has 0 radical (unpaired) electrons. The first-order valence-electron chi connectivity index (χ1n) is 9.79. The maximum atomic E-state index is 10.2. The topological polar surface area (TPSA) is 75.9 Å². The number of benzene rings is 1. The summed E-state index contributed by atoms with van der Waals surface area (Å²) in [6.07, 6.45) is 5.68. The van der Waals surface area contributed by atoms with E-state index in [0.29, 0.717) is 0 Å². The normalized spacial score (nSPS) is 20.1. The zero-order valence-corrected chi connectivity index (χ0v) is 16.6. The van der Waals surface area contributed by atoms with Crippen molar-refractivity contribution >= 4 is 37.8 Å². The standard InChI is InChI=1S/C21H23N5OS/c1-13-23-17-6-4-10-22-20(17)26(13)12-14-8-9-16-19(11-14)28-21(25-16)24-15-5-2-3-7-18(15)27/h4,6,8-11,15,18,27H,2-3,5,7,12H2,1H3,(H,24,25)/t15-,18-/m1/s1. The van der Waals surface area contributed by atoms with Crippen LogP contribution in [-0.2, 0) is 6.54 Å². The van der Waals surface area contributed by atoms with E-state index in [1.54, 1.807) is 11.3 Å². The lowest BCUT2D eigenvalue weighted by Crippen LogP contribution is -2.36. The quantitative estimate of drug-likeness (QED) is 0.546. The molecule has 28 heavy (non-hydrogen) atoms. The number of aryl methyl sites for hydroxylation is 1. The van der Waals surface area contributed by atoms with Crippen LogP contribution < -0.4 is 5.32 Å². The number of pyridine rings is 1. The van der Waals surface area contributed by atoms with Crippen molar-refractivity contribution in [3.05, 3.63) is 47.9 Å². The number of imidazole rings is 1. The van der Waals surface area contributed by atoms with Crippen LogP contribution >= 0.6 is 11.3 Å². The highest BCUT2D eigenvalue weighted by Gasteiger charge is 2.23. The Morgan fingerprint density at radius 2 is 2.07 bits per heavy atom. The number of aliphatic hydroxyl groups is 1. The van der Waals surface area contributed by atoms with Crippen LogP contribution in [0.2, 0.25) is 0 Å². The highest BCUT2D eigenvalue weighted by atomic mass is 32.1. The van der Waals surface area contributed by atoms with Gasteiger partial charge in [0, 0.05) is 6.20 Å². The Morgan fingerprint density at radius 1 is 1.18 bits per heavy atom. The monoisotopic (exact) mass is 393 g/mol. The summed E-state index contributed by atoms with van der Waals surface area (Å²) >= 11 is 1.65. The minimum absolute atomic E-state index is 0.111. The van der Waals surface area contributed by atoms with Crippen LogP contribution in [-0.4, -0.2) is 36.8 Å². The minimum atomic E-state index is -0.277. The van der Waals surface area contributed by atoms with Crippen LogP contribution in [0, 0.1) is 6.92 Å². The zero-order chi connectivity index (χ0) is 19.1. The first-order chi connectivity index (χ1) is 13.7. The van der Waals surface area contributed by atoms with Crippen LogP contribution in [0.25, 0.3) is 21.4 Å². The van der Waals surface area contributed by atoms with E-state index >= 15 is 0 Å². The van der Waals surface area contributed by atoms with Gasteiger partial charge in [0.25, 0.3) is 0 Å². The van der Waals surface area contributed by atoms with Gasteiger partial charge in [0.05, 0.1) is 28.9 Å². The second kappa shape index (κ2) is 7.14. The molecule has 0 amide bonds. The number of rotatable bonds is 4. The maximum Gasteiger partial charge on any atom is 0.184 e. The van der Waals surface area contributed by atoms with E-state index < -0.39 is 0 Å². The van der Waals surface area contributed by atoms with Gasteiger partial charge in [0.2, 0.25) is 0 Å². The number of fused-ring (bicyclic) bond motifs is 2. The Balaban J connectivity index is 1.41. The average molecular weight is 394 g/mol. The van der Waals surface area contributed by atoms with Gasteiger partial charge in [-0.05, 0) is 49.6 Å². The summed E-state index contributed by atoms with van der Waals surface area (Å²) in [5.41, 5.74) is 4.04. The van der Waals surface area contributed by atoms with Gasteiger partial charge in [-0.3, -0.25) is 0 Å². The van der Waals surface area contributed by atoms with Crippen LogP contribution in [0.4, 0.5) is 5.13 Å². The second-order valence-corrected chi connectivity index (χ2v) is 8.55. The third-order valence-electron chi connectivity index (χ3n) is 5.53. The zero-order valence-electron chi connectivity index (χ0n) is 15.8. The van der Waals surface area contributed by atoms with Crippen LogP contribution in [0.1, 0.15) is 37.1 Å². The van der Waals surface area contributed by atoms with Gasteiger partial charge in [0.1, 0.15) is 11.3 Å². The Kier molecular flexibility index (Phi) is 4.49. The maximum absolute atomic E-state index is 10.2. The summed E-state index contributed by atoms with van der Waals surface area (Å²) in [5.74, 6) is 0.965. The van der Waals surface area contributed by atoms with E-state index in [-0.39, 0.29) is 12.1 Å². The molecule has 6 nitrogen and oxygen atoms in total. The van der Waals surface area contributed by atoms with Crippen molar-refractivity contribution in [2.45, 2.75) is 51.3 Å². The van der Waals surface area contributed by atoms with E-state index in [1.165, 1.54) is 5.56 Å². The molecule has 3 heterocycles. The summed E-state index contributed by atoms with van der Waals surface area (Å²) in [4.78, 5) is 13.8. The summed E-state index contributed by atoms with van der Waals surface area (Å²) in [6.45, 7) is 2.75. The lowest BCUT2D eigenvalue weighted by atomic mass is 9.93. The van der Waals surface area contributed by atoms with E-state index in [0.717, 1.165) is 64.6 Å². The molecule has 5 rings (SSSR count). The van der Waals surface area contributed by atoms with E-state index in [9.17, 15) is 5.11 Å². The largest absolute Gasteiger partial charge is 0.391 e. The number of hydrogen-bond donors (Lipinski definition) is 2. The summed E-state index contributed by atoms with van der Waals surface area (Å²) in [6, 6.07) is 10.4. The van der Waals surface area contributed by atoms with Crippen molar-refractivity contribution in [3.63, 3.8) is 0 Å². The molecule has 0 unspecified atom stereocenters. The SMILES string of the molecule is Cc1nc2cccnc2n1Cc1ccc2nc(N[C@@H]3CCCC[C@H]3O)sc2c1. The lowest BCUT2D eigenvalue weighted by Gasteiger charge is -2.27. The Hall–Kier alpha value is -2.51. The summed E-state index contributed by atoms with van der Waals surface area (Å²) in [7, 11) is 0. The fourth-order valence-electron chi connectivity index (χ4n) is 4.01. The number of nitrogens with one attached hydrogen (secondary N) is 1. The Morgan fingerprint density at radius 3 is 2.96 bits per heavy atom. The molecule has 2 N–H and O–H groups in total. The number of nitrogens with zero attached hydrogens (tertiary/aromatic N) is 4. The molecule has 4 aromatic rings.